The Kier molecular flexibility index (Phi) is 6.44. The molecule has 2 aromatic carbocycles. The van der Waals surface area contributed by atoms with Crippen LogP contribution in [0.5, 0.6) is 5.75 Å². The zero-order chi connectivity index (χ0) is 22.6. The summed E-state index contributed by atoms with van der Waals surface area (Å²) in [4.78, 5) is 15.4. The molecular formula is C27H32N4O2. The normalized spacial score (nSPS) is 18.2. The smallest absolute Gasteiger partial charge is 0.274 e. The van der Waals surface area contributed by atoms with E-state index in [0.717, 1.165) is 69.4 Å². The van der Waals surface area contributed by atoms with Crippen molar-refractivity contribution >= 4 is 5.91 Å². The molecule has 0 spiro atoms. The second-order valence-electron chi connectivity index (χ2n) is 9.16. The number of benzene rings is 2. The van der Waals surface area contributed by atoms with Crippen LogP contribution in [0.2, 0.25) is 0 Å². The molecule has 1 amide bonds. The number of nitrogens with zero attached hydrogens (tertiary/aromatic N) is 3. The van der Waals surface area contributed by atoms with Gasteiger partial charge in [-0.1, -0.05) is 42.5 Å². The summed E-state index contributed by atoms with van der Waals surface area (Å²) in [5.41, 5.74) is 4.62. The first-order valence-electron chi connectivity index (χ1n) is 12.2. The number of piperidine rings is 1. The summed E-state index contributed by atoms with van der Waals surface area (Å²) in [6, 6.07) is 18.1. The summed E-state index contributed by atoms with van der Waals surface area (Å²) in [5.74, 6) is 0.216. The van der Waals surface area contributed by atoms with Crippen LogP contribution >= 0.6 is 0 Å². The monoisotopic (exact) mass is 444 g/mol. The maximum Gasteiger partial charge on any atom is 0.274 e. The number of carbonyl (C=O) groups is 1. The number of para-hydroxylation sites is 2. The Morgan fingerprint density at radius 1 is 1.03 bits per heavy atom. The van der Waals surface area contributed by atoms with Gasteiger partial charge in [0.15, 0.2) is 5.69 Å². The van der Waals surface area contributed by atoms with E-state index in [1.54, 1.807) is 12.1 Å². The zero-order valence-corrected chi connectivity index (χ0v) is 19.0. The van der Waals surface area contributed by atoms with Gasteiger partial charge in [0.05, 0.1) is 0 Å². The highest BCUT2D eigenvalue weighted by Gasteiger charge is 2.32. The van der Waals surface area contributed by atoms with Gasteiger partial charge in [0.1, 0.15) is 11.4 Å². The van der Waals surface area contributed by atoms with Crippen molar-refractivity contribution in [3.8, 4) is 11.4 Å². The fourth-order valence-corrected chi connectivity index (χ4v) is 5.12. The minimum atomic E-state index is 0.0325. The quantitative estimate of drug-likeness (QED) is 0.605. The van der Waals surface area contributed by atoms with Gasteiger partial charge >= 0.3 is 0 Å². The fourth-order valence-electron chi connectivity index (χ4n) is 5.12. The molecule has 0 bridgehead atoms. The van der Waals surface area contributed by atoms with E-state index in [1.165, 1.54) is 12.0 Å². The number of phenolic OH excluding ortho intramolecular Hbond substituents is 1. The van der Waals surface area contributed by atoms with E-state index in [1.807, 2.05) is 27.8 Å². The highest BCUT2D eigenvalue weighted by Crippen LogP contribution is 2.31. The molecule has 0 radical (unpaired) electrons. The summed E-state index contributed by atoms with van der Waals surface area (Å²) >= 11 is 0. The summed E-state index contributed by atoms with van der Waals surface area (Å²) in [6.45, 7) is 2.51. The van der Waals surface area contributed by atoms with Crippen LogP contribution in [0.15, 0.2) is 54.6 Å². The summed E-state index contributed by atoms with van der Waals surface area (Å²) in [5, 5.41) is 19.0. The third-order valence-corrected chi connectivity index (χ3v) is 6.92. The Labute approximate surface area is 195 Å². The van der Waals surface area contributed by atoms with Crippen molar-refractivity contribution in [2.75, 3.05) is 19.6 Å². The Hall–Kier alpha value is -3.12. The molecule has 3 aromatic rings. The van der Waals surface area contributed by atoms with E-state index in [-0.39, 0.29) is 11.7 Å². The minimum absolute atomic E-state index is 0.0325. The van der Waals surface area contributed by atoms with E-state index < -0.39 is 0 Å². The van der Waals surface area contributed by atoms with Crippen LogP contribution in [0.1, 0.15) is 53.0 Å². The van der Waals surface area contributed by atoms with Gasteiger partial charge in [-0.2, -0.15) is 5.10 Å². The number of rotatable bonds is 6. The summed E-state index contributed by atoms with van der Waals surface area (Å²) < 4.78 is 1.81. The zero-order valence-electron chi connectivity index (χ0n) is 19.0. The second kappa shape index (κ2) is 9.79. The van der Waals surface area contributed by atoms with Crippen molar-refractivity contribution in [2.45, 2.75) is 51.0 Å². The van der Waals surface area contributed by atoms with E-state index in [0.29, 0.717) is 17.4 Å². The second-order valence-corrected chi connectivity index (χ2v) is 9.16. The number of carbonyl (C=O) groups excluding carboxylic acids is 1. The number of amides is 1. The van der Waals surface area contributed by atoms with Gasteiger partial charge in [-0.3, -0.25) is 4.79 Å². The van der Waals surface area contributed by atoms with Crippen LogP contribution in [0.4, 0.5) is 0 Å². The van der Waals surface area contributed by atoms with Gasteiger partial charge in [0, 0.05) is 30.4 Å². The minimum Gasteiger partial charge on any atom is -0.506 e. The number of fused-ring (bicyclic) bond motifs is 1. The van der Waals surface area contributed by atoms with E-state index >= 15 is 0 Å². The van der Waals surface area contributed by atoms with Crippen molar-refractivity contribution in [1.29, 1.82) is 0 Å². The molecule has 6 nitrogen and oxygen atoms in total. The lowest BCUT2D eigenvalue weighted by Gasteiger charge is -2.27. The van der Waals surface area contributed by atoms with Gasteiger partial charge in [0.25, 0.3) is 5.91 Å². The Balaban J connectivity index is 1.40. The molecule has 1 unspecified atom stereocenters. The van der Waals surface area contributed by atoms with E-state index in [4.69, 9.17) is 5.10 Å². The maximum atomic E-state index is 13.5. The van der Waals surface area contributed by atoms with Crippen molar-refractivity contribution in [1.82, 2.24) is 20.0 Å². The molecule has 0 saturated carbocycles. The maximum absolute atomic E-state index is 13.5. The van der Waals surface area contributed by atoms with Gasteiger partial charge in [-0.15, -0.1) is 0 Å². The fraction of sp³-hybridized carbons (Fsp3) is 0.407. The molecule has 2 N–H and O–H groups in total. The molecular weight excluding hydrogens is 412 g/mol. The Morgan fingerprint density at radius 2 is 1.79 bits per heavy atom. The van der Waals surface area contributed by atoms with Crippen molar-refractivity contribution in [2.24, 2.45) is 0 Å². The summed E-state index contributed by atoms with van der Waals surface area (Å²) in [7, 11) is 0. The first-order valence-corrected chi connectivity index (χ1v) is 12.2. The van der Waals surface area contributed by atoms with Crippen LogP contribution in [0, 0.1) is 0 Å². The molecule has 6 heteroatoms. The summed E-state index contributed by atoms with van der Waals surface area (Å²) in [6.07, 6.45) is 6.87. The van der Waals surface area contributed by atoms with Crippen molar-refractivity contribution in [3.63, 3.8) is 0 Å². The molecule has 1 fully saturated rings. The lowest BCUT2D eigenvalue weighted by atomic mass is 9.90. The first-order chi connectivity index (χ1) is 16.2. The SMILES string of the molecule is O=C(c1nn(-c2ccccc2O)c2c1CC(NCCc1ccccc1)CC2)N1CCCCC1. The number of likely N-dealkylation sites (tertiary alicyclic amines) is 1. The molecule has 1 aromatic heterocycles. The van der Waals surface area contributed by atoms with Gasteiger partial charge in [-0.05, 0) is 69.2 Å². The molecule has 2 heterocycles. The molecule has 33 heavy (non-hydrogen) atoms. The predicted molar refractivity (Wildman–Crippen MR) is 129 cm³/mol. The molecule has 1 aliphatic carbocycles. The number of hydrogen-bond acceptors (Lipinski definition) is 4. The highest BCUT2D eigenvalue weighted by molar-refractivity contribution is 5.94. The van der Waals surface area contributed by atoms with Crippen LogP contribution in [-0.2, 0) is 19.3 Å². The molecule has 172 valence electrons. The Morgan fingerprint density at radius 3 is 2.58 bits per heavy atom. The third-order valence-electron chi connectivity index (χ3n) is 6.92. The van der Waals surface area contributed by atoms with Crippen LogP contribution in [0.25, 0.3) is 5.69 Å². The lowest BCUT2D eigenvalue weighted by Crippen LogP contribution is -2.38. The van der Waals surface area contributed by atoms with Gasteiger partial charge < -0.3 is 15.3 Å². The van der Waals surface area contributed by atoms with Crippen LogP contribution in [-0.4, -0.2) is 51.4 Å². The molecule has 1 atom stereocenters. The third kappa shape index (κ3) is 4.67. The number of aromatic nitrogens is 2. The lowest BCUT2D eigenvalue weighted by molar-refractivity contribution is 0.0716. The highest BCUT2D eigenvalue weighted by atomic mass is 16.3. The molecule has 2 aliphatic rings. The molecule has 5 rings (SSSR count). The number of phenols is 1. The predicted octanol–water partition coefficient (Wildman–Crippen LogP) is 3.89. The average molecular weight is 445 g/mol. The van der Waals surface area contributed by atoms with Crippen molar-refractivity contribution < 1.29 is 9.90 Å². The standard InChI is InChI=1S/C27H32N4O2/c32-25-12-6-5-11-24(25)31-23-14-13-21(28-16-15-20-9-3-1-4-10-20)19-22(23)26(29-31)27(33)30-17-7-2-8-18-30/h1,3-6,9-12,21,28,32H,2,7-8,13-19H2. The van der Waals surface area contributed by atoms with Gasteiger partial charge in [-0.25, -0.2) is 4.68 Å². The van der Waals surface area contributed by atoms with E-state index in [9.17, 15) is 9.90 Å². The number of hydrogen-bond donors (Lipinski definition) is 2. The molecule has 1 saturated heterocycles. The first kappa shape index (κ1) is 21.7. The van der Waals surface area contributed by atoms with E-state index in [2.05, 4.69) is 29.6 Å². The van der Waals surface area contributed by atoms with Crippen molar-refractivity contribution in [3.05, 3.63) is 77.1 Å². The van der Waals surface area contributed by atoms with Crippen LogP contribution in [0.3, 0.4) is 0 Å². The molecule has 1 aliphatic heterocycles. The number of nitrogens with one attached hydrogen (secondary N) is 1. The van der Waals surface area contributed by atoms with Gasteiger partial charge in [0.2, 0.25) is 0 Å². The largest absolute Gasteiger partial charge is 0.506 e. The average Bonchev–Trinajstić information content (AvgIpc) is 3.24. The topological polar surface area (TPSA) is 70.4 Å². The van der Waals surface area contributed by atoms with Crippen LogP contribution < -0.4 is 5.32 Å². The Bertz CT molecular complexity index is 1100. The number of aromatic hydroxyl groups is 1.